The largest absolute Gasteiger partial charge is 0.289 e. The zero-order valence-corrected chi connectivity index (χ0v) is 7.20. The summed E-state index contributed by atoms with van der Waals surface area (Å²) in [7, 11) is 0. The van der Waals surface area contributed by atoms with Gasteiger partial charge in [0.05, 0.1) is 0 Å². The van der Waals surface area contributed by atoms with Crippen molar-refractivity contribution in [3.8, 4) is 0 Å². The van der Waals surface area contributed by atoms with Crippen LogP contribution in [-0.4, -0.2) is 24.5 Å². The van der Waals surface area contributed by atoms with Crippen LogP contribution in [0.15, 0.2) is 9.98 Å². The molecule has 0 aromatic heterocycles. The van der Waals surface area contributed by atoms with E-state index in [-0.39, 0.29) is 0 Å². The Labute approximate surface area is 63.1 Å². The Morgan fingerprint density at radius 2 is 1.10 bits per heavy atom. The van der Waals surface area contributed by atoms with E-state index in [0.717, 1.165) is 0 Å². The van der Waals surface area contributed by atoms with Crippen LogP contribution < -0.4 is 0 Å². The molecule has 0 amide bonds. The first-order chi connectivity index (χ1) is 4.63. The molecule has 0 spiro atoms. The van der Waals surface area contributed by atoms with Crippen LogP contribution >= 0.6 is 0 Å². The minimum atomic E-state index is 0.374. The molecule has 58 valence electrons. The van der Waals surface area contributed by atoms with Gasteiger partial charge in [0.25, 0.3) is 0 Å². The Morgan fingerprint density at radius 1 is 0.800 bits per heavy atom. The summed E-state index contributed by atoms with van der Waals surface area (Å²) in [5, 5.41) is 0. The van der Waals surface area contributed by atoms with Gasteiger partial charge in [0.2, 0.25) is 0 Å². The van der Waals surface area contributed by atoms with Gasteiger partial charge in [0, 0.05) is 24.5 Å². The summed E-state index contributed by atoms with van der Waals surface area (Å²) in [5.41, 5.74) is 0. The van der Waals surface area contributed by atoms with E-state index in [1.54, 1.807) is 12.4 Å². The lowest BCUT2D eigenvalue weighted by Crippen LogP contribution is -1.92. The summed E-state index contributed by atoms with van der Waals surface area (Å²) in [5.74, 6) is 0. The van der Waals surface area contributed by atoms with Crippen molar-refractivity contribution in [1.29, 1.82) is 0 Å². The van der Waals surface area contributed by atoms with Gasteiger partial charge >= 0.3 is 0 Å². The highest BCUT2D eigenvalue weighted by Crippen LogP contribution is 1.83. The van der Waals surface area contributed by atoms with Gasteiger partial charge < -0.3 is 0 Å². The van der Waals surface area contributed by atoms with Gasteiger partial charge in [0.15, 0.2) is 0 Å². The molecule has 0 fully saturated rings. The number of rotatable bonds is 3. The third-order valence-corrected chi connectivity index (χ3v) is 0.835. The highest BCUT2D eigenvalue weighted by molar-refractivity contribution is 6.16. The fourth-order valence-electron chi connectivity index (χ4n) is 0.421. The van der Waals surface area contributed by atoms with Crippen LogP contribution in [0.1, 0.15) is 27.7 Å². The van der Waals surface area contributed by atoms with E-state index in [9.17, 15) is 0 Å². The van der Waals surface area contributed by atoms with E-state index < -0.39 is 0 Å². The molecule has 0 aliphatic carbocycles. The van der Waals surface area contributed by atoms with E-state index >= 15 is 0 Å². The smallest absolute Gasteiger partial charge is 0.0443 e. The van der Waals surface area contributed by atoms with Crippen molar-refractivity contribution in [2.45, 2.75) is 39.8 Å². The molecule has 0 aliphatic heterocycles. The van der Waals surface area contributed by atoms with Crippen molar-refractivity contribution in [2.24, 2.45) is 9.98 Å². The zero-order chi connectivity index (χ0) is 7.98. The zero-order valence-electron chi connectivity index (χ0n) is 7.20. The molecule has 0 saturated heterocycles. The highest BCUT2D eigenvalue weighted by Gasteiger charge is 1.82. The predicted molar refractivity (Wildman–Crippen MR) is 47.3 cm³/mol. The molecule has 0 rings (SSSR count). The Bertz CT molecular complexity index is 107. The molecule has 0 bridgehead atoms. The molecule has 0 aliphatic rings. The minimum absolute atomic E-state index is 0.374. The van der Waals surface area contributed by atoms with E-state index in [1.807, 2.05) is 27.7 Å². The summed E-state index contributed by atoms with van der Waals surface area (Å²) in [4.78, 5) is 8.24. The van der Waals surface area contributed by atoms with Gasteiger partial charge in [-0.25, -0.2) is 0 Å². The van der Waals surface area contributed by atoms with Crippen molar-refractivity contribution >= 4 is 12.4 Å². The number of nitrogens with zero attached hydrogens (tertiary/aromatic N) is 2. The van der Waals surface area contributed by atoms with Crippen LogP contribution in [0.2, 0.25) is 0 Å². The molecule has 2 nitrogen and oxygen atoms in total. The predicted octanol–water partition coefficient (Wildman–Crippen LogP) is 1.94. The standard InChI is InChI=1S/C8H16N2/c1-7(2)9-5-6-10-8(3)4/h5-8H,1-4H3. The molecule has 0 aromatic rings. The third kappa shape index (κ3) is 7.34. The van der Waals surface area contributed by atoms with Crippen molar-refractivity contribution in [1.82, 2.24) is 0 Å². The monoisotopic (exact) mass is 140 g/mol. The van der Waals surface area contributed by atoms with Gasteiger partial charge in [-0.3, -0.25) is 9.98 Å². The van der Waals surface area contributed by atoms with Crippen molar-refractivity contribution in [3.05, 3.63) is 0 Å². The molecule has 0 saturated carbocycles. The molecular formula is C8H16N2. The topological polar surface area (TPSA) is 24.7 Å². The highest BCUT2D eigenvalue weighted by atomic mass is 14.8. The fraction of sp³-hybridized carbons (Fsp3) is 0.750. The summed E-state index contributed by atoms with van der Waals surface area (Å²) in [6.45, 7) is 8.17. The summed E-state index contributed by atoms with van der Waals surface area (Å²) < 4.78 is 0. The van der Waals surface area contributed by atoms with Gasteiger partial charge in [-0.1, -0.05) is 0 Å². The van der Waals surface area contributed by atoms with Gasteiger partial charge in [-0.15, -0.1) is 0 Å². The van der Waals surface area contributed by atoms with E-state index in [1.165, 1.54) is 0 Å². The third-order valence-electron chi connectivity index (χ3n) is 0.835. The lowest BCUT2D eigenvalue weighted by atomic mass is 10.4. The second-order valence-electron chi connectivity index (χ2n) is 2.78. The molecule has 10 heavy (non-hydrogen) atoms. The average molecular weight is 140 g/mol. The molecule has 0 N–H and O–H groups in total. The van der Waals surface area contributed by atoms with E-state index in [4.69, 9.17) is 0 Å². The molecule has 0 aromatic carbocycles. The lowest BCUT2D eigenvalue weighted by Gasteiger charge is -1.92. The fourth-order valence-corrected chi connectivity index (χ4v) is 0.421. The first-order valence-electron chi connectivity index (χ1n) is 3.68. The van der Waals surface area contributed by atoms with Gasteiger partial charge in [-0.2, -0.15) is 0 Å². The SMILES string of the molecule is CC(C)N=CC=NC(C)C. The quantitative estimate of drug-likeness (QED) is 0.535. The van der Waals surface area contributed by atoms with Crippen molar-refractivity contribution in [2.75, 3.05) is 0 Å². The van der Waals surface area contributed by atoms with Crippen LogP contribution in [0.25, 0.3) is 0 Å². The Kier molecular flexibility index (Phi) is 4.81. The maximum atomic E-state index is 4.12. The first kappa shape index (κ1) is 9.34. The maximum Gasteiger partial charge on any atom is 0.0443 e. The van der Waals surface area contributed by atoms with Crippen LogP contribution in [0.4, 0.5) is 0 Å². The number of hydrogen-bond acceptors (Lipinski definition) is 2. The summed E-state index contributed by atoms with van der Waals surface area (Å²) >= 11 is 0. The molecule has 0 atom stereocenters. The first-order valence-corrected chi connectivity index (χ1v) is 3.68. The Balaban J connectivity index is 3.52. The molecule has 0 heterocycles. The van der Waals surface area contributed by atoms with Crippen LogP contribution in [-0.2, 0) is 0 Å². The van der Waals surface area contributed by atoms with Crippen LogP contribution in [0, 0.1) is 0 Å². The van der Waals surface area contributed by atoms with Gasteiger partial charge in [-0.05, 0) is 27.7 Å². The van der Waals surface area contributed by atoms with Crippen molar-refractivity contribution in [3.63, 3.8) is 0 Å². The Hall–Kier alpha value is -0.660. The Morgan fingerprint density at radius 3 is 1.30 bits per heavy atom. The molecule has 2 heteroatoms. The molecule has 0 unspecified atom stereocenters. The normalized spacial score (nSPS) is 13.0. The number of hydrogen-bond donors (Lipinski definition) is 0. The van der Waals surface area contributed by atoms with E-state index in [0.29, 0.717) is 12.1 Å². The average Bonchev–Trinajstić information content (AvgIpc) is 1.79. The van der Waals surface area contributed by atoms with Crippen LogP contribution in [0.5, 0.6) is 0 Å². The van der Waals surface area contributed by atoms with Crippen molar-refractivity contribution < 1.29 is 0 Å². The second kappa shape index (κ2) is 5.15. The summed E-state index contributed by atoms with van der Waals surface area (Å²) in [6, 6.07) is 0.747. The number of aliphatic imine (C=N–C) groups is 2. The minimum Gasteiger partial charge on any atom is -0.289 e. The molecular weight excluding hydrogens is 124 g/mol. The second-order valence-corrected chi connectivity index (χ2v) is 2.78. The van der Waals surface area contributed by atoms with Gasteiger partial charge in [0.1, 0.15) is 0 Å². The lowest BCUT2D eigenvalue weighted by molar-refractivity contribution is 0.836. The van der Waals surface area contributed by atoms with Crippen LogP contribution in [0.3, 0.4) is 0 Å². The van der Waals surface area contributed by atoms with E-state index in [2.05, 4.69) is 9.98 Å². The molecule has 0 radical (unpaired) electrons. The maximum absolute atomic E-state index is 4.12. The summed E-state index contributed by atoms with van der Waals surface area (Å²) in [6.07, 6.45) is 3.51.